The minimum Gasteiger partial charge on any atom is -0.394 e. The molecular weight excluding hydrogens is 301 g/mol. The van der Waals surface area contributed by atoms with Gasteiger partial charge in [0.2, 0.25) is 0 Å². The van der Waals surface area contributed by atoms with Crippen LogP contribution in [0.25, 0.3) is 17.0 Å². The molecule has 0 saturated carbocycles. The molecule has 120 valence electrons. The number of aliphatic hydroxyl groups excluding tert-OH is 2. The Balaban J connectivity index is 2.06. The van der Waals surface area contributed by atoms with Crippen molar-refractivity contribution < 1.29 is 14.6 Å². The van der Waals surface area contributed by atoms with Gasteiger partial charge in [0.25, 0.3) is 0 Å². The van der Waals surface area contributed by atoms with Gasteiger partial charge in [-0.25, -0.2) is 4.39 Å². The lowest BCUT2D eigenvalue weighted by Crippen LogP contribution is -2.42. The molecule has 8 heteroatoms. The Morgan fingerprint density at radius 1 is 1.13 bits per heavy atom. The molecule has 0 unspecified atom stereocenters. The number of aromatic nitrogens is 4. The molecule has 0 radical (unpaired) electrons. The largest absolute Gasteiger partial charge is 0.394 e. The van der Waals surface area contributed by atoms with Crippen LogP contribution in [0.5, 0.6) is 0 Å². The summed E-state index contributed by atoms with van der Waals surface area (Å²) >= 11 is 0. The summed E-state index contributed by atoms with van der Waals surface area (Å²) in [5.41, 5.74) is -0.174. The summed E-state index contributed by atoms with van der Waals surface area (Å²) < 4.78 is 15.4. The number of fused-ring (bicyclic) bond motifs is 1. The number of hydrogen-bond donors (Lipinski definition) is 3. The predicted molar refractivity (Wildman–Crippen MR) is 82.4 cm³/mol. The van der Waals surface area contributed by atoms with Crippen LogP contribution >= 0.6 is 0 Å². The maximum atomic E-state index is 14.0. The number of benzene rings is 1. The summed E-state index contributed by atoms with van der Waals surface area (Å²) in [5, 5.41) is 33.9. The third-order valence-electron chi connectivity index (χ3n) is 3.51. The van der Waals surface area contributed by atoms with Gasteiger partial charge >= 0.3 is 0 Å². The van der Waals surface area contributed by atoms with Crippen molar-refractivity contribution in [2.75, 3.05) is 18.5 Å². The van der Waals surface area contributed by atoms with Gasteiger partial charge in [-0.1, -0.05) is 12.1 Å². The van der Waals surface area contributed by atoms with E-state index in [0.717, 1.165) is 0 Å². The molecule has 2 aromatic heterocycles. The first-order chi connectivity index (χ1) is 11.1. The second-order valence-electron chi connectivity index (χ2n) is 5.49. The summed E-state index contributed by atoms with van der Waals surface area (Å²) in [7, 11) is 0. The fourth-order valence-electron chi connectivity index (χ4n) is 2.10. The van der Waals surface area contributed by atoms with E-state index in [1.54, 1.807) is 37.3 Å². The Morgan fingerprint density at radius 3 is 2.57 bits per heavy atom. The minimum absolute atomic E-state index is 0.272. The lowest BCUT2D eigenvalue weighted by Gasteiger charge is -2.26. The van der Waals surface area contributed by atoms with Gasteiger partial charge in [0.15, 0.2) is 11.5 Å². The fourth-order valence-corrected chi connectivity index (χ4v) is 2.10. The van der Waals surface area contributed by atoms with Crippen LogP contribution in [0.1, 0.15) is 6.92 Å². The van der Waals surface area contributed by atoms with Gasteiger partial charge in [-0.2, -0.15) is 4.52 Å². The zero-order valence-corrected chi connectivity index (χ0v) is 12.4. The lowest BCUT2D eigenvalue weighted by atomic mass is 10.1. The molecule has 0 aliphatic heterocycles. The fraction of sp³-hybridized carbons (Fsp3) is 0.267. The highest BCUT2D eigenvalue weighted by Gasteiger charge is 2.23. The van der Waals surface area contributed by atoms with Crippen LogP contribution in [0.15, 0.2) is 36.4 Å². The second kappa shape index (κ2) is 5.90. The van der Waals surface area contributed by atoms with Crippen molar-refractivity contribution in [2.24, 2.45) is 0 Å². The van der Waals surface area contributed by atoms with Crippen LogP contribution in [0.4, 0.5) is 10.2 Å². The van der Waals surface area contributed by atoms with Crippen LogP contribution in [0, 0.1) is 5.82 Å². The molecule has 3 N–H and O–H groups in total. The number of nitrogens with one attached hydrogen (secondary N) is 1. The Hall–Kier alpha value is -2.58. The number of rotatable bonds is 5. The molecule has 0 spiro atoms. The van der Waals surface area contributed by atoms with Gasteiger partial charge in [-0.3, -0.25) is 0 Å². The molecule has 0 atom stereocenters. The number of halogens is 1. The molecule has 0 fully saturated rings. The maximum Gasteiger partial charge on any atom is 0.188 e. The summed E-state index contributed by atoms with van der Waals surface area (Å²) in [6, 6.07) is 9.55. The second-order valence-corrected chi connectivity index (χ2v) is 5.49. The number of aliphatic hydroxyl groups is 2. The van der Waals surface area contributed by atoms with Crippen molar-refractivity contribution >= 4 is 11.5 Å². The average Bonchev–Trinajstić information content (AvgIpc) is 2.98. The van der Waals surface area contributed by atoms with Crippen molar-refractivity contribution in [3.8, 4) is 11.4 Å². The smallest absolute Gasteiger partial charge is 0.188 e. The monoisotopic (exact) mass is 317 g/mol. The maximum absolute atomic E-state index is 14.0. The van der Waals surface area contributed by atoms with Crippen molar-refractivity contribution in [1.82, 2.24) is 19.8 Å². The summed E-state index contributed by atoms with van der Waals surface area (Å²) in [6.07, 6.45) is 0. The molecule has 0 amide bonds. The van der Waals surface area contributed by atoms with E-state index >= 15 is 0 Å². The third-order valence-corrected chi connectivity index (χ3v) is 3.51. The summed E-state index contributed by atoms with van der Waals surface area (Å²) in [4.78, 5) is 0. The first kappa shape index (κ1) is 15.3. The van der Waals surface area contributed by atoms with E-state index in [0.29, 0.717) is 11.5 Å². The highest BCUT2D eigenvalue weighted by atomic mass is 19.1. The number of anilines is 1. The highest BCUT2D eigenvalue weighted by molar-refractivity contribution is 5.60. The number of nitrogens with zero attached hydrogens (tertiary/aromatic N) is 4. The van der Waals surface area contributed by atoms with Gasteiger partial charge in [0.05, 0.1) is 24.3 Å². The van der Waals surface area contributed by atoms with Crippen LogP contribution < -0.4 is 5.32 Å². The van der Waals surface area contributed by atoms with E-state index in [4.69, 9.17) is 0 Å². The zero-order valence-electron chi connectivity index (χ0n) is 12.4. The molecular formula is C15H16FN5O2. The molecule has 0 aliphatic rings. The molecule has 0 bridgehead atoms. The topological polar surface area (TPSA) is 95.6 Å². The van der Waals surface area contributed by atoms with Crippen LogP contribution in [-0.2, 0) is 0 Å². The Labute approximate surface area is 131 Å². The van der Waals surface area contributed by atoms with Crippen LogP contribution in [0.2, 0.25) is 0 Å². The predicted octanol–water partition coefficient (Wildman–Crippen LogP) is 1.09. The van der Waals surface area contributed by atoms with Gasteiger partial charge in [0.1, 0.15) is 11.6 Å². The third kappa shape index (κ3) is 2.86. The molecule has 3 rings (SSSR count). The molecule has 0 aliphatic carbocycles. The van der Waals surface area contributed by atoms with Crippen LogP contribution in [-0.4, -0.2) is 48.8 Å². The SMILES string of the molecule is CC(CO)(CO)Nc1ccc2nnc(-c3ccccc3F)n2n1. The Morgan fingerprint density at radius 2 is 1.87 bits per heavy atom. The molecule has 1 aromatic carbocycles. The molecule has 7 nitrogen and oxygen atoms in total. The lowest BCUT2D eigenvalue weighted by molar-refractivity contribution is 0.147. The van der Waals surface area contributed by atoms with E-state index in [2.05, 4.69) is 20.6 Å². The van der Waals surface area contributed by atoms with Crippen molar-refractivity contribution in [3.63, 3.8) is 0 Å². The quantitative estimate of drug-likeness (QED) is 0.652. The summed E-state index contributed by atoms with van der Waals surface area (Å²) in [6.45, 7) is 1.11. The average molecular weight is 317 g/mol. The molecule has 0 saturated heterocycles. The molecule has 3 aromatic rings. The van der Waals surface area contributed by atoms with Gasteiger partial charge in [-0.15, -0.1) is 15.3 Å². The number of hydrogen-bond acceptors (Lipinski definition) is 6. The normalized spacial score (nSPS) is 11.8. The van der Waals surface area contributed by atoms with Crippen molar-refractivity contribution in [1.29, 1.82) is 0 Å². The van der Waals surface area contributed by atoms with Gasteiger partial charge < -0.3 is 15.5 Å². The Bertz CT molecular complexity index is 832. The van der Waals surface area contributed by atoms with Crippen molar-refractivity contribution in [3.05, 3.63) is 42.2 Å². The van der Waals surface area contributed by atoms with E-state index in [-0.39, 0.29) is 24.6 Å². The zero-order chi connectivity index (χ0) is 16.4. The Kier molecular flexibility index (Phi) is 3.93. The summed E-state index contributed by atoms with van der Waals surface area (Å²) in [5.74, 6) is 0.259. The van der Waals surface area contributed by atoms with Gasteiger partial charge in [-0.05, 0) is 31.2 Å². The van der Waals surface area contributed by atoms with Crippen molar-refractivity contribution in [2.45, 2.75) is 12.5 Å². The highest BCUT2D eigenvalue weighted by Crippen LogP contribution is 2.22. The van der Waals surface area contributed by atoms with E-state index in [1.165, 1.54) is 10.6 Å². The van der Waals surface area contributed by atoms with E-state index in [9.17, 15) is 14.6 Å². The first-order valence-corrected chi connectivity index (χ1v) is 7.03. The van der Waals surface area contributed by atoms with E-state index < -0.39 is 11.4 Å². The molecule has 23 heavy (non-hydrogen) atoms. The minimum atomic E-state index is -0.924. The van der Waals surface area contributed by atoms with E-state index in [1.807, 2.05) is 0 Å². The standard InChI is InChI=1S/C15H16FN5O2/c1-15(8-22,9-23)17-12-6-7-13-18-19-14(21(13)20-12)10-4-2-3-5-11(10)16/h2-7,22-23H,8-9H2,1H3,(H,17,20). The molecule has 2 heterocycles. The first-order valence-electron chi connectivity index (χ1n) is 7.03. The van der Waals surface area contributed by atoms with Crippen LogP contribution in [0.3, 0.4) is 0 Å². The van der Waals surface area contributed by atoms with Gasteiger partial charge in [0, 0.05) is 0 Å².